The Bertz CT molecular complexity index is 1390. The molecule has 12 heteroatoms. The quantitative estimate of drug-likeness (QED) is 0.374. The van der Waals surface area contributed by atoms with Crippen LogP contribution in [0.25, 0.3) is 15.3 Å². The standard InChI is InChI=1S/C23H26N8O3S/c1-14-19(6-16(8-24-14)27-21(33)13-30-5-3-4-17(32)11-30)28-22(34)18-9-26-31-12-20(35-23(18)31)15-7-25-29(2)10-15/h6-10,12,17,32H,3-5,11,13H2,1-2H3,(H,27,33)(H,28,34). The van der Waals surface area contributed by atoms with Crippen molar-refractivity contribution in [2.75, 3.05) is 30.3 Å². The van der Waals surface area contributed by atoms with E-state index in [1.807, 2.05) is 24.3 Å². The van der Waals surface area contributed by atoms with Crippen LogP contribution in [0.4, 0.5) is 11.4 Å². The highest BCUT2D eigenvalue weighted by atomic mass is 32.1. The second-order valence-corrected chi connectivity index (χ2v) is 9.73. The van der Waals surface area contributed by atoms with Gasteiger partial charge in [-0.1, -0.05) is 0 Å². The molecule has 1 saturated heterocycles. The number of hydrogen-bond acceptors (Lipinski definition) is 8. The molecule has 4 aromatic heterocycles. The highest BCUT2D eigenvalue weighted by Gasteiger charge is 2.21. The van der Waals surface area contributed by atoms with Crippen molar-refractivity contribution in [2.24, 2.45) is 7.05 Å². The molecular formula is C23H26N8O3S. The molecule has 0 saturated carbocycles. The third-order valence-electron chi connectivity index (χ3n) is 5.90. The first-order chi connectivity index (χ1) is 16.9. The van der Waals surface area contributed by atoms with Crippen LogP contribution in [0.1, 0.15) is 28.9 Å². The van der Waals surface area contributed by atoms with Gasteiger partial charge >= 0.3 is 0 Å². The van der Waals surface area contributed by atoms with E-state index in [1.165, 1.54) is 17.5 Å². The predicted molar refractivity (Wildman–Crippen MR) is 133 cm³/mol. The smallest absolute Gasteiger partial charge is 0.260 e. The minimum absolute atomic E-state index is 0.193. The lowest BCUT2D eigenvalue weighted by Gasteiger charge is -2.29. The Hall–Kier alpha value is -3.61. The van der Waals surface area contributed by atoms with Gasteiger partial charge in [-0.25, -0.2) is 4.52 Å². The van der Waals surface area contributed by atoms with Crippen LogP contribution in [0, 0.1) is 6.92 Å². The number of rotatable bonds is 6. The van der Waals surface area contributed by atoms with Crippen molar-refractivity contribution in [3.63, 3.8) is 0 Å². The van der Waals surface area contributed by atoms with E-state index in [4.69, 9.17) is 0 Å². The Morgan fingerprint density at radius 1 is 1.20 bits per heavy atom. The van der Waals surface area contributed by atoms with Crippen molar-refractivity contribution >= 4 is 39.4 Å². The third-order valence-corrected chi connectivity index (χ3v) is 7.06. The molecule has 0 spiro atoms. The monoisotopic (exact) mass is 494 g/mol. The average molecular weight is 495 g/mol. The maximum absolute atomic E-state index is 13.1. The summed E-state index contributed by atoms with van der Waals surface area (Å²) in [7, 11) is 1.85. The zero-order chi connectivity index (χ0) is 24.5. The minimum atomic E-state index is -0.390. The van der Waals surface area contributed by atoms with Crippen molar-refractivity contribution in [3.05, 3.63) is 48.3 Å². The van der Waals surface area contributed by atoms with E-state index < -0.39 is 6.10 Å². The number of aryl methyl sites for hydroxylation is 2. The third kappa shape index (κ3) is 5.09. The number of fused-ring (bicyclic) bond motifs is 1. The first kappa shape index (κ1) is 23.1. The molecule has 0 bridgehead atoms. The second-order valence-electron chi connectivity index (χ2n) is 8.70. The van der Waals surface area contributed by atoms with Crippen LogP contribution in [-0.2, 0) is 11.8 Å². The van der Waals surface area contributed by atoms with Crippen LogP contribution in [-0.4, -0.2) is 71.9 Å². The van der Waals surface area contributed by atoms with Crippen LogP contribution in [0.5, 0.6) is 0 Å². The van der Waals surface area contributed by atoms with Gasteiger partial charge in [-0.05, 0) is 32.4 Å². The molecule has 1 aliphatic rings. The maximum Gasteiger partial charge on any atom is 0.260 e. The number of hydrogen-bond donors (Lipinski definition) is 3. The molecule has 1 unspecified atom stereocenters. The number of likely N-dealkylation sites (tertiary alicyclic amines) is 1. The molecule has 5 rings (SSSR count). The van der Waals surface area contributed by atoms with Crippen molar-refractivity contribution in [3.8, 4) is 10.4 Å². The molecule has 182 valence electrons. The van der Waals surface area contributed by atoms with Gasteiger partial charge in [0, 0.05) is 31.5 Å². The minimum Gasteiger partial charge on any atom is -0.392 e. The van der Waals surface area contributed by atoms with Gasteiger partial charge in [0.15, 0.2) is 0 Å². The summed E-state index contributed by atoms with van der Waals surface area (Å²) >= 11 is 1.46. The van der Waals surface area contributed by atoms with E-state index in [9.17, 15) is 14.7 Å². The van der Waals surface area contributed by atoms with Gasteiger partial charge in [0.05, 0.1) is 58.7 Å². The molecule has 0 aliphatic carbocycles. The Morgan fingerprint density at radius 2 is 2.06 bits per heavy atom. The van der Waals surface area contributed by atoms with Crippen molar-refractivity contribution in [1.82, 2.24) is 29.3 Å². The first-order valence-corrected chi connectivity index (χ1v) is 12.1. The van der Waals surface area contributed by atoms with Crippen LogP contribution in [0.3, 0.4) is 0 Å². The summed E-state index contributed by atoms with van der Waals surface area (Å²) in [4.78, 5) is 33.5. The lowest BCUT2D eigenvalue weighted by molar-refractivity contribution is -0.118. The lowest BCUT2D eigenvalue weighted by Crippen LogP contribution is -2.42. The number of aliphatic hydroxyl groups excluding tert-OH is 1. The zero-order valence-electron chi connectivity index (χ0n) is 19.4. The number of thiazole rings is 1. The van der Waals surface area contributed by atoms with E-state index in [2.05, 4.69) is 25.8 Å². The summed E-state index contributed by atoms with van der Waals surface area (Å²) in [6.45, 7) is 3.25. The number of aliphatic hydroxyl groups is 1. The topological polar surface area (TPSA) is 130 Å². The van der Waals surface area contributed by atoms with E-state index in [-0.39, 0.29) is 18.4 Å². The number of aromatic nitrogens is 5. The molecule has 5 heterocycles. The number of carbonyl (C=O) groups excluding carboxylic acids is 2. The number of carbonyl (C=O) groups is 2. The highest BCUT2D eigenvalue weighted by Crippen LogP contribution is 2.30. The molecule has 0 radical (unpaired) electrons. The van der Waals surface area contributed by atoms with Crippen molar-refractivity contribution in [1.29, 1.82) is 0 Å². The summed E-state index contributed by atoms with van der Waals surface area (Å²) in [6.07, 6.45) is 9.90. The molecule has 35 heavy (non-hydrogen) atoms. The molecule has 4 aromatic rings. The summed E-state index contributed by atoms with van der Waals surface area (Å²) in [5, 5.41) is 24.1. The fraction of sp³-hybridized carbons (Fsp3) is 0.348. The van der Waals surface area contributed by atoms with Crippen LogP contribution in [0.2, 0.25) is 0 Å². The SMILES string of the molecule is Cc1ncc(NC(=O)CN2CCCC(O)C2)cc1NC(=O)c1cnn2cc(-c3cnn(C)c3)sc12. The number of nitrogens with zero attached hydrogens (tertiary/aromatic N) is 6. The Balaban J connectivity index is 1.29. The molecule has 11 nitrogen and oxygen atoms in total. The van der Waals surface area contributed by atoms with Crippen molar-refractivity contribution < 1.29 is 14.7 Å². The first-order valence-electron chi connectivity index (χ1n) is 11.3. The predicted octanol–water partition coefficient (Wildman–Crippen LogP) is 2.15. The van der Waals surface area contributed by atoms with Gasteiger partial charge in [0.1, 0.15) is 4.83 Å². The molecule has 1 atom stereocenters. The Morgan fingerprint density at radius 3 is 2.83 bits per heavy atom. The van der Waals surface area contributed by atoms with Gasteiger partial charge in [0.25, 0.3) is 5.91 Å². The molecular weight excluding hydrogens is 468 g/mol. The zero-order valence-corrected chi connectivity index (χ0v) is 20.2. The van der Waals surface area contributed by atoms with Crippen LogP contribution >= 0.6 is 11.3 Å². The van der Waals surface area contributed by atoms with E-state index in [0.717, 1.165) is 34.7 Å². The van der Waals surface area contributed by atoms with E-state index in [0.29, 0.717) is 29.2 Å². The van der Waals surface area contributed by atoms with Gasteiger partial charge in [-0.15, -0.1) is 11.3 Å². The van der Waals surface area contributed by atoms with Crippen molar-refractivity contribution in [2.45, 2.75) is 25.9 Å². The van der Waals surface area contributed by atoms with Gasteiger partial charge < -0.3 is 15.7 Å². The number of β-amino-alcohol motifs (C(OH)–C–C–N with tert-alkyl or cyclic N) is 1. The Kier molecular flexibility index (Phi) is 6.32. The molecule has 1 fully saturated rings. The second kappa shape index (κ2) is 9.56. The highest BCUT2D eigenvalue weighted by molar-refractivity contribution is 7.21. The number of pyridine rings is 1. The largest absolute Gasteiger partial charge is 0.392 e. The molecule has 1 aliphatic heterocycles. The van der Waals surface area contributed by atoms with Crippen LogP contribution in [0.15, 0.2) is 37.1 Å². The summed E-state index contributed by atoms with van der Waals surface area (Å²) in [5.41, 5.74) is 3.02. The number of piperidine rings is 1. The summed E-state index contributed by atoms with van der Waals surface area (Å²) < 4.78 is 3.41. The summed E-state index contributed by atoms with van der Waals surface area (Å²) in [5.74, 6) is -0.503. The maximum atomic E-state index is 13.1. The average Bonchev–Trinajstić information content (AvgIpc) is 3.51. The normalized spacial score (nSPS) is 16.5. The fourth-order valence-corrected chi connectivity index (χ4v) is 5.15. The number of nitrogens with one attached hydrogen (secondary N) is 2. The van der Waals surface area contributed by atoms with Crippen LogP contribution < -0.4 is 10.6 Å². The molecule has 3 N–H and O–H groups in total. The van der Waals surface area contributed by atoms with Gasteiger partial charge in [-0.3, -0.25) is 24.2 Å². The summed E-state index contributed by atoms with van der Waals surface area (Å²) in [6, 6.07) is 1.69. The van der Waals surface area contributed by atoms with E-state index in [1.54, 1.807) is 34.6 Å². The van der Waals surface area contributed by atoms with Gasteiger partial charge in [-0.2, -0.15) is 10.2 Å². The fourth-order valence-electron chi connectivity index (χ4n) is 4.12. The number of anilines is 2. The molecule has 0 aromatic carbocycles. The van der Waals surface area contributed by atoms with Gasteiger partial charge in [0.2, 0.25) is 5.91 Å². The Labute approximate surface area is 205 Å². The number of amides is 2. The van der Waals surface area contributed by atoms with E-state index >= 15 is 0 Å². The lowest BCUT2D eigenvalue weighted by atomic mass is 10.1. The molecule has 2 amide bonds.